The molecule has 8 nitrogen and oxygen atoms in total. The highest BCUT2D eigenvalue weighted by atomic mass is 16.6. The average Bonchev–Trinajstić information content (AvgIpc) is 2.89. The number of rotatable bonds is 21. The van der Waals surface area contributed by atoms with Gasteiger partial charge in [-0.3, -0.25) is 4.79 Å². The third-order valence-electron chi connectivity index (χ3n) is 6.37. The summed E-state index contributed by atoms with van der Waals surface area (Å²) < 4.78 is 10.6. The minimum Gasteiger partial charge on any atom is -0.444 e. The van der Waals surface area contributed by atoms with Crippen LogP contribution in [-0.2, 0) is 14.3 Å². The molecule has 8 heteroatoms. The molecule has 0 saturated carbocycles. The number of nitrogens with one attached hydrogen (secondary N) is 2. The van der Waals surface area contributed by atoms with E-state index in [0.29, 0.717) is 39.0 Å². The Kier molecular flexibility index (Phi) is 23.2. The van der Waals surface area contributed by atoms with Gasteiger partial charge < -0.3 is 25.0 Å². The third-order valence-corrected chi connectivity index (χ3v) is 6.37. The van der Waals surface area contributed by atoms with Gasteiger partial charge in [-0.05, 0) is 92.6 Å². The number of alkyl carbamates (subject to hydrolysis) is 2. The van der Waals surface area contributed by atoms with E-state index in [-0.39, 0.29) is 5.91 Å². The van der Waals surface area contributed by atoms with Gasteiger partial charge in [0.2, 0.25) is 5.91 Å². The molecule has 0 fully saturated rings. The van der Waals surface area contributed by atoms with Crippen molar-refractivity contribution in [2.45, 2.75) is 156 Å². The fraction of sp³-hybridized carbons (Fsp3) is 0.800. The molecular weight excluding hydrogens is 542 g/mol. The first-order valence-corrected chi connectivity index (χ1v) is 16.7. The van der Waals surface area contributed by atoms with Crippen molar-refractivity contribution in [3.63, 3.8) is 0 Å². The maximum Gasteiger partial charge on any atom is 0.407 e. The van der Waals surface area contributed by atoms with Crippen LogP contribution in [0.15, 0.2) is 12.2 Å². The second kappa shape index (κ2) is 24.7. The van der Waals surface area contributed by atoms with E-state index in [1.165, 1.54) is 25.7 Å². The molecule has 3 amide bonds. The molecular formula is C35H63N3O5. The van der Waals surface area contributed by atoms with Gasteiger partial charge in [-0.25, -0.2) is 9.59 Å². The summed E-state index contributed by atoms with van der Waals surface area (Å²) in [4.78, 5) is 38.7. The first-order chi connectivity index (χ1) is 20.3. The normalized spacial score (nSPS) is 11.5. The zero-order valence-electron chi connectivity index (χ0n) is 28.6. The molecule has 0 aromatic rings. The van der Waals surface area contributed by atoms with Gasteiger partial charge in [-0.15, -0.1) is 0 Å². The van der Waals surface area contributed by atoms with E-state index in [4.69, 9.17) is 9.47 Å². The second-order valence-electron chi connectivity index (χ2n) is 13.1. The molecule has 0 unspecified atom stereocenters. The number of carbonyl (C=O) groups is 3. The van der Waals surface area contributed by atoms with E-state index in [0.717, 1.165) is 57.8 Å². The Morgan fingerprint density at radius 2 is 1.26 bits per heavy atom. The Balaban J connectivity index is 4.36. The quantitative estimate of drug-likeness (QED) is 0.101. The van der Waals surface area contributed by atoms with Crippen molar-refractivity contribution in [3.05, 3.63) is 12.2 Å². The monoisotopic (exact) mass is 605 g/mol. The Morgan fingerprint density at radius 3 is 1.88 bits per heavy atom. The number of ether oxygens (including phenoxy) is 2. The first kappa shape index (κ1) is 40.3. The molecule has 43 heavy (non-hydrogen) atoms. The fourth-order valence-corrected chi connectivity index (χ4v) is 4.21. The maximum absolute atomic E-state index is 13.0. The Hall–Kier alpha value is -2.69. The largest absolute Gasteiger partial charge is 0.444 e. The lowest BCUT2D eigenvalue weighted by molar-refractivity contribution is -0.131. The van der Waals surface area contributed by atoms with Crippen LogP contribution in [-0.4, -0.2) is 60.4 Å². The number of amides is 3. The van der Waals surface area contributed by atoms with Gasteiger partial charge in [-0.1, -0.05) is 63.4 Å². The van der Waals surface area contributed by atoms with Crippen LogP contribution in [0.2, 0.25) is 0 Å². The van der Waals surface area contributed by atoms with Crippen molar-refractivity contribution < 1.29 is 23.9 Å². The maximum atomic E-state index is 13.0. The van der Waals surface area contributed by atoms with E-state index >= 15 is 0 Å². The van der Waals surface area contributed by atoms with E-state index < -0.39 is 23.4 Å². The van der Waals surface area contributed by atoms with Crippen molar-refractivity contribution in [3.8, 4) is 11.8 Å². The number of nitrogens with zero attached hydrogens (tertiary/aromatic N) is 1. The number of carbonyl (C=O) groups excluding carboxylic acids is 3. The molecule has 0 atom stereocenters. The summed E-state index contributed by atoms with van der Waals surface area (Å²) in [6, 6.07) is 0. The molecule has 248 valence electrons. The van der Waals surface area contributed by atoms with Crippen LogP contribution in [0.1, 0.15) is 145 Å². The predicted molar refractivity (Wildman–Crippen MR) is 177 cm³/mol. The van der Waals surface area contributed by atoms with E-state index in [1.54, 1.807) is 0 Å². The minimum atomic E-state index is -0.544. The molecule has 0 aromatic heterocycles. The standard InChI is InChI=1S/C35H63N3O5/c1-8-9-10-11-12-13-14-15-16-17-18-19-20-21-22-26-31(39)38(30-25-28-37-33(41)43-35(5,6)7)29-24-23-27-36-32(40)42-34(2,3)4/h15-16H,8-12,17-30H2,1-7H3,(H,36,40)(H,37,41). The van der Waals surface area contributed by atoms with Crippen molar-refractivity contribution in [2.24, 2.45) is 0 Å². The number of allylic oxidation sites excluding steroid dienone is 2. The third kappa shape index (κ3) is 29.2. The Labute approximate surface area is 263 Å². The van der Waals surface area contributed by atoms with E-state index in [2.05, 4.69) is 35.5 Å². The number of hydrogen-bond donors (Lipinski definition) is 2. The van der Waals surface area contributed by atoms with Crippen LogP contribution in [0.5, 0.6) is 0 Å². The highest BCUT2D eigenvalue weighted by Crippen LogP contribution is 2.11. The Morgan fingerprint density at radius 1 is 0.698 bits per heavy atom. The van der Waals surface area contributed by atoms with Gasteiger partial charge in [0.25, 0.3) is 0 Å². The van der Waals surface area contributed by atoms with Crippen LogP contribution in [0.25, 0.3) is 0 Å². The van der Waals surface area contributed by atoms with Crippen molar-refractivity contribution in [1.82, 2.24) is 15.5 Å². The molecule has 0 aromatic carbocycles. The molecule has 0 aliphatic rings. The van der Waals surface area contributed by atoms with Gasteiger partial charge in [-0.2, -0.15) is 0 Å². The van der Waals surface area contributed by atoms with Crippen LogP contribution in [0.4, 0.5) is 9.59 Å². The molecule has 0 heterocycles. The summed E-state index contributed by atoms with van der Waals surface area (Å²) in [5.41, 5.74) is -1.07. The van der Waals surface area contributed by atoms with Gasteiger partial charge in [0, 0.05) is 39.0 Å². The van der Waals surface area contributed by atoms with Gasteiger partial charge >= 0.3 is 12.2 Å². The number of unbranched alkanes of at least 4 members (excludes halogenated alkanes) is 10. The summed E-state index contributed by atoms with van der Waals surface area (Å²) in [5.74, 6) is 6.51. The fourth-order valence-electron chi connectivity index (χ4n) is 4.21. The lowest BCUT2D eigenvalue weighted by Gasteiger charge is -2.24. The van der Waals surface area contributed by atoms with Crippen LogP contribution >= 0.6 is 0 Å². The Bertz CT molecular complexity index is 846. The predicted octanol–water partition coefficient (Wildman–Crippen LogP) is 8.30. The number of hydrogen-bond acceptors (Lipinski definition) is 5. The molecule has 2 N–H and O–H groups in total. The topological polar surface area (TPSA) is 97.0 Å². The zero-order valence-corrected chi connectivity index (χ0v) is 28.6. The van der Waals surface area contributed by atoms with E-state index in [9.17, 15) is 14.4 Å². The highest BCUT2D eigenvalue weighted by Gasteiger charge is 2.17. The SMILES string of the molecule is CCCCCCC#CC=CCCCCCCCC(=O)N(CCCCNC(=O)OC(C)(C)C)CCCNC(=O)OC(C)(C)C. The van der Waals surface area contributed by atoms with Gasteiger partial charge in [0.1, 0.15) is 11.2 Å². The molecule has 0 rings (SSSR count). The molecule has 0 aliphatic carbocycles. The van der Waals surface area contributed by atoms with Crippen LogP contribution in [0.3, 0.4) is 0 Å². The molecule has 0 radical (unpaired) electrons. The summed E-state index contributed by atoms with van der Waals surface area (Å²) >= 11 is 0. The van der Waals surface area contributed by atoms with Crippen LogP contribution in [0, 0.1) is 11.8 Å². The molecule has 0 spiro atoms. The molecule has 0 aliphatic heterocycles. The van der Waals surface area contributed by atoms with E-state index in [1.807, 2.05) is 52.5 Å². The smallest absolute Gasteiger partial charge is 0.407 e. The summed E-state index contributed by atoms with van der Waals surface area (Å²) in [5, 5.41) is 5.54. The van der Waals surface area contributed by atoms with Crippen LogP contribution < -0.4 is 10.6 Å². The summed E-state index contributed by atoms with van der Waals surface area (Å²) in [6.07, 6.45) is 18.4. The minimum absolute atomic E-state index is 0.147. The van der Waals surface area contributed by atoms with Gasteiger partial charge in [0.05, 0.1) is 0 Å². The molecule has 0 bridgehead atoms. The molecule has 0 saturated heterocycles. The summed E-state index contributed by atoms with van der Waals surface area (Å²) in [6.45, 7) is 15.3. The second-order valence-corrected chi connectivity index (χ2v) is 13.1. The van der Waals surface area contributed by atoms with Crippen molar-refractivity contribution in [1.29, 1.82) is 0 Å². The summed E-state index contributed by atoms with van der Waals surface area (Å²) in [7, 11) is 0. The first-order valence-electron chi connectivity index (χ1n) is 16.7. The lowest BCUT2D eigenvalue weighted by Crippen LogP contribution is -2.37. The average molecular weight is 606 g/mol. The van der Waals surface area contributed by atoms with Gasteiger partial charge in [0.15, 0.2) is 0 Å². The zero-order chi connectivity index (χ0) is 32.4. The van der Waals surface area contributed by atoms with Crippen molar-refractivity contribution >= 4 is 18.1 Å². The highest BCUT2D eigenvalue weighted by molar-refractivity contribution is 5.76. The van der Waals surface area contributed by atoms with Crippen molar-refractivity contribution in [2.75, 3.05) is 26.2 Å². The lowest BCUT2D eigenvalue weighted by atomic mass is 10.1.